The molecule has 17 heavy (non-hydrogen) atoms. The van der Waals surface area contributed by atoms with Gasteiger partial charge in [-0.2, -0.15) is 0 Å². The van der Waals surface area contributed by atoms with Gasteiger partial charge in [0.25, 0.3) is 0 Å². The van der Waals surface area contributed by atoms with Crippen LogP contribution < -0.4 is 4.90 Å². The number of piperidine rings is 1. The van der Waals surface area contributed by atoms with Crippen molar-refractivity contribution in [2.24, 2.45) is 0 Å². The third-order valence-corrected chi connectivity index (χ3v) is 2.92. The van der Waals surface area contributed by atoms with Gasteiger partial charge in [0, 0.05) is 13.1 Å². The zero-order valence-electron chi connectivity index (χ0n) is 9.68. The molecule has 0 bridgehead atoms. The molecule has 94 valence electrons. The molecule has 0 atom stereocenters. The second kappa shape index (κ2) is 5.93. The number of aliphatic hydroxyl groups excluding tert-OH is 1. The van der Waals surface area contributed by atoms with Gasteiger partial charge in [-0.1, -0.05) is 0 Å². The van der Waals surface area contributed by atoms with Crippen molar-refractivity contribution in [1.82, 2.24) is 4.98 Å². The summed E-state index contributed by atoms with van der Waals surface area (Å²) in [5, 5.41) is 8.67. The lowest BCUT2D eigenvalue weighted by molar-refractivity contribution is 0.0158. The Morgan fingerprint density at radius 3 is 2.76 bits per heavy atom. The summed E-state index contributed by atoms with van der Waals surface area (Å²) in [7, 11) is 0. The quantitative estimate of drug-likeness (QED) is 0.859. The molecule has 0 aromatic carbocycles. The van der Waals surface area contributed by atoms with Crippen LogP contribution in [0.1, 0.15) is 12.8 Å². The minimum atomic E-state index is -0.310. The second-order valence-electron chi connectivity index (χ2n) is 4.12. The fourth-order valence-corrected chi connectivity index (χ4v) is 2.03. The predicted molar refractivity (Wildman–Crippen MR) is 62.5 cm³/mol. The van der Waals surface area contributed by atoms with Crippen molar-refractivity contribution in [2.75, 3.05) is 31.2 Å². The summed E-state index contributed by atoms with van der Waals surface area (Å²) < 4.78 is 18.2. The number of hydrogen-bond acceptors (Lipinski definition) is 4. The lowest BCUT2D eigenvalue weighted by Gasteiger charge is -2.32. The van der Waals surface area contributed by atoms with Gasteiger partial charge < -0.3 is 14.7 Å². The number of ether oxygens (including phenoxy) is 1. The van der Waals surface area contributed by atoms with Crippen molar-refractivity contribution >= 4 is 5.82 Å². The maximum Gasteiger partial charge on any atom is 0.141 e. The topological polar surface area (TPSA) is 45.6 Å². The van der Waals surface area contributed by atoms with E-state index in [1.54, 1.807) is 6.07 Å². The summed E-state index contributed by atoms with van der Waals surface area (Å²) in [5.74, 6) is 0.502. The molecule has 0 radical (unpaired) electrons. The summed E-state index contributed by atoms with van der Waals surface area (Å²) in [6.45, 7) is 2.18. The van der Waals surface area contributed by atoms with Crippen molar-refractivity contribution in [3.8, 4) is 0 Å². The van der Waals surface area contributed by atoms with E-state index < -0.39 is 0 Å². The summed E-state index contributed by atoms with van der Waals surface area (Å²) >= 11 is 0. The molecule has 5 heteroatoms. The highest BCUT2D eigenvalue weighted by Crippen LogP contribution is 2.19. The van der Waals surface area contributed by atoms with E-state index >= 15 is 0 Å². The number of aromatic nitrogens is 1. The van der Waals surface area contributed by atoms with Crippen molar-refractivity contribution < 1.29 is 14.2 Å². The number of anilines is 1. The van der Waals surface area contributed by atoms with Crippen LogP contribution in [0.2, 0.25) is 0 Å². The van der Waals surface area contributed by atoms with Gasteiger partial charge in [-0.3, -0.25) is 0 Å². The van der Waals surface area contributed by atoms with Crippen LogP contribution >= 0.6 is 0 Å². The highest BCUT2D eigenvalue weighted by Gasteiger charge is 2.20. The number of aliphatic hydroxyl groups is 1. The van der Waals surface area contributed by atoms with Crippen LogP contribution in [-0.2, 0) is 4.74 Å². The molecule has 1 N–H and O–H groups in total. The standard InChI is InChI=1S/C12H17FN2O2/c13-10-1-2-12(14-9-10)15-5-3-11(4-6-15)17-8-7-16/h1-2,9,11,16H,3-8H2. The van der Waals surface area contributed by atoms with Gasteiger partial charge in [0.2, 0.25) is 0 Å². The van der Waals surface area contributed by atoms with E-state index in [-0.39, 0.29) is 18.5 Å². The highest BCUT2D eigenvalue weighted by atomic mass is 19.1. The van der Waals surface area contributed by atoms with Gasteiger partial charge in [-0.05, 0) is 25.0 Å². The van der Waals surface area contributed by atoms with Gasteiger partial charge in [0.1, 0.15) is 11.6 Å². The largest absolute Gasteiger partial charge is 0.394 e. The fraction of sp³-hybridized carbons (Fsp3) is 0.583. The molecule has 1 saturated heterocycles. The van der Waals surface area contributed by atoms with E-state index in [9.17, 15) is 4.39 Å². The Morgan fingerprint density at radius 2 is 2.18 bits per heavy atom. The minimum absolute atomic E-state index is 0.0692. The Bertz CT molecular complexity index is 337. The average molecular weight is 240 g/mol. The number of pyridine rings is 1. The van der Waals surface area contributed by atoms with E-state index in [4.69, 9.17) is 9.84 Å². The molecular formula is C12H17FN2O2. The summed E-state index contributed by atoms with van der Waals surface area (Å²) in [5.41, 5.74) is 0. The number of rotatable bonds is 4. The summed E-state index contributed by atoms with van der Waals surface area (Å²) in [4.78, 5) is 6.18. The molecule has 1 aliphatic rings. The zero-order chi connectivity index (χ0) is 12.1. The smallest absolute Gasteiger partial charge is 0.141 e. The molecule has 1 aromatic heterocycles. The van der Waals surface area contributed by atoms with Crippen LogP contribution in [0.4, 0.5) is 10.2 Å². The molecule has 0 unspecified atom stereocenters. The van der Waals surface area contributed by atoms with Gasteiger partial charge in [0.15, 0.2) is 0 Å². The van der Waals surface area contributed by atoms with Crippen molar-refractivity contribution in [1.29, 1.82) is 0 Å². The number of hydrogen-bond donors (Lipinski definition) is 1. The van der Waals surface area contributed by atoms with Crippen LogP contribution in [0.5, 0.6) is 0 Å². The van der Waals surface area contributed by atoms with Crippen molar-refractivity contribution in [2.45, 2.75) is 18.9 Å². The Morgan fingerprint density at radius 1 is 1.41 bits per heavy atom. The van der Waals surface area contributed by atoms with Crippen LogP contribution in [0.3, 0.4) is 0 Å². The van der Waals surface area contributed by atoms with E-state index in [1.807, 2.05) is 0 Å². The minimum Gasteiger partial charge on any atom is -0.394 e. The molecule has 1 fully saturated rings. The van der Waals surface area contributed by atoms with E-state index in [1.165, 1.54) is 12.3 Å². The van der Waals surface area contributed by atoms with Crippen LogP contribution in [0.25, 0.3) is 0 Å². The van der Waals surface area contributed by atoms with Crippen molar-refractivity contribution in [3.05, 3.63) is 24.1 Å². The molecule has 0 aliphatic carbocycles. The van der Waals surface area contributed by atoms with Crippen molar-refractivity contribution in [3.63, 3.8) is 0 Å². The van der Waals surface area contributed by atoms with E-state index in [0.29, 0.717) is 6.61 Å². The van der Waals surface area contributed by atoms with E-state index in [2.05, 4.69) is 9.88 Å². The Hall–Kier alpha value is -1.20. The second-order valence-corrected chi connectivity index (χ2v) is 4.12. The first-order valence-electron chi connectivity index (χ1n) is 5.88. The lowest BCUT2D eigenvalue weighted by atomic mass is 10.1. The fourth-order valence-electron chi connectivity index (χ4n) is 2.03. The van der Waals surface area contributed by atoms with Gasteiger partial charge in [0.05, 0.1) is 25.5 Å². The first kappa shape index (κ1) is 12.3. The van der Waals surface area contributed by atoms with Crippen LogP contribution in [-0.4, -0.2) is 42.5 Å². The molecule has 1 aromatic rings. The van der Waals surface area contributed by atoms with Crippen LogP contribution in [0, 0.1) is 5.82 Å². The Labute approximate surface area is 100 Å². The molecular weight excluding hydrogens is 223 g/mol. The normalized spacial score (nSPS) is 17.4. The van der Waals surface area contributed by atoms with Gasteiger partial charge in [-0.25, -0.2) is 9.37 Å². The lowest BCUT2D eigenvalue weighted by Crippen LogP contribution is -2.37. The molecule has 2 rings (SSSR count). The molecule has 0 amide bonds. The van der Waals surface area contributed by atoms with Crippen LogP contribution in [0.15, 0.2) is 18.3 Å². The maximum absolute atomic E-state index is 12.7. The summed E-state index contributed by atoms with van der Waals surface area (Å²) in [6, 6.07) is 3.13. The first-order valence-corrected chi connectivity index (χ1v) is 5.88. The third kappa shape index (κ3) is 3.38. The molecule has 2 heterocycles. The molecule has 1 aliphatic heterocycles. The maximum atomic E-state index is 12.7. The molecule has 4 nitrogen and oxygen atoms in total. The monoisotopic (exact) mass is 240 g/mol. The zero-order valence-corrected chi connectivity index (χ0v) is 9.68. The third-order valence-electron chi connectivity index (χ3n) is 2.92. The molecule has 0 saturated carbocycles. The number of nitrogens with zero attached hydrogens (tertiary/aromatic N) is 2. The number of halogens is 1. The highest BCUT2D eigenvalue weighted by molar-refractivity contribution is 5.38. The van der Waals surface area contributed by atoms with Gasteiger partial charge in [-0.15, -0.1) is 0 Å². The van der Waals surface area contributed by atoms with Gasteiger partial charge >= 0.3 is 0 Å². The molecule has 0 spiro atoms. The SMILES string of the molecule is OCCOC1CCN(c2ccc(F)cn2)CC1. The summed E-state index contributed by atoms with van der Waals surface area (Å²) in [6.07, 6.45) is 3.29. The predicted octanol–water partition coefficient (Wildman–Crippen LogP) is 1.20. The Balaban J connectivity index is 1.84. The average Bonchev–Trinajstić information content (AvgIpc) is 2.38. The van der Waals surface area contributed by atoms with E-state index in [0.717, 1.165) is 31.7 Å². The first-order chi connectivity index (χ1) is 8.29. The Kier molecular flexibility index (Phi) is 4.28.